The molecule has 1 aliphatic rings. The fraction of sp³-hybridized carbons (Fsp3) is 0.333. The number of carbonyl (C=O) groups is 2. The first kappa shape index (κ1) is 21.0. The lowest BCUT2D eigenvalue weighted by Gasteiger charge is -2.10. The maximum atomic E-state index is 12.3. The van der Waals surface area contributed by atoms with Crippen LogP contribution in [0.5, 0.6) is 0 Å². The van der Waals surface area contributed by atoms with Gasteiger partial charge in [0, 0.05) is 5.69 Å². The van der Waals surface area contributed by atoms with E-state index in [0.717, 1.165) is 30.4 Å². The van der Waals surface area contributed by atoms with Crippen LogP contribution in [0.15, 0.2) is 41.3 Å². The lowest BCUT2D eigenvalue weighted by molar-refractivity contribution is -0.123. The van der Waals surface area contributed by atoms with E-state index in [0.29, 0.717) is 5.69 Å². The van der Waals surface area contributed by atoms with Gasteiger partial charge in [0.2, 0.25) is 21.8 Å². The molecular formula is C21H25N3O4S. The summed E-state index contributed by atoms with van der Waals surface area (Å²) in [5.74, 6) is -0.949. The minimum atomic E-state index is -3.80. The van der Waals surface area contributed by atoms with Crippen molar-refractivity contribution in [1.29, 1.82) is 0 Å². The van der Waals surface area contributed by atoms with Crippen molar-refractivity contribution in [3.63, 3.8) is 0 Å². The monoisotopic (exact) mass is 415 g/mol. The third kappa shape index (κ3) is 5.42. The second-order valence-electron chi connectivity index (χ2n) is 7.23. The van der Waals surface area contributed by atoms with E-state index in [1.165, 1.54) is 17.2 Å². The van der Waals surface area contributed by atoms with E-state index < -0.39 is 22.5 Å². The number of hydrogen-bond donors (Lipinski definition) is 3. The van der Waals surface area contributed by atoms with Crippen molar-refractivity contribution in [1.82, 2.24) is 10.0 Å². The molecule has 0 unspecified atom stereocenters. The highest BCUT2D eigenvalue weighted by Gasteiger charge is 2.17. The molecule has 0 fully saturated rings. The zero-order valence-corrected chi connectivity index (χ0v) is 17.4. The number of anilines is 1. The van der Waals surface area contributed by atoms with Gasteiger partial charge in [-0.15, -0.1) is 0 Å². The topological polar surface area (TPSA) is 104 Å². The Morgan fingerprint density at radius 1 is 0.897 bits per heavy atom. The molecule has 2 amide bonds. The molecule has 0 radical (unpaired) electrons. The Hall–Kier alpha value is -2.71. The zero-order valence-electron chi connectivity index (χ0n) is 16.5. The fourth-order valence-corrected chi connectivity index (χ4v) is 4.29. The highest BCUT2D eigenvalue weighted by atomic mass is 32.2. The highest BCUT2D eigenvalue weighted by Crippen LogP contribution is 2.24. The van der Waals surface area contributed by atoms with Crippen molar-refractivity contribution in [2.24, 2.45) is 0 Å². The minimum absolute atomic E-state index is 0.0998. The number of rotatable bonds is 7. The van der Waals surface area contributed by atoms with Gasteiger partial charge in [-0.25, -0.2) is 13.1 Å². The fourth-order valence-electron chi connectivity index (χ4n) is 3.22. The normalized spacial score (nSPS) is 13.0. The Bertz CT molecular complexity index is 1050. The SMILES string of the molecule is Cc1ccc(S(=O)(=O)NCC(=O)NCC(=O)Nc2ccc3c(c2)CCC3)cc1C. The molecule has 0 atom stereocenters. The number of benzene rings is 2. The van der Waals surface area contributed by atoms with Crippen LogP contribution in [0.4, 0.5) is 5.69 Å². The third-order valence-electron chi connectivity index (χ3n) is 5.04. The summed E-state index contributed by atoms with van der Waals surface area (Å²) in [4.78, 5) is 24.1. The summed E-state index contributed by atoms with van der Waals surface area (Å²) < 4.78 is 26.9. The van der Waals surface area contributed by atoms with Crippen LogP contribution in [-0.2, 0) is 32.5 Å². The Morgan fingerprint density at radius 3 is 2.41 bits per heavy atom. The number of sulfonamides is 1. The first-order valence-electron chi connectivity index (χ1n) is 9.50. The molecule has 29 heavy (non-hydrogen) atoms. The lowest BCUT2D eigenvalue weighted by atomic mass is 10.1. The summed E-state index contributed by atoms with van der Waals surface area (Å²) in [6.07, 6.45) is 3.20. The largest absolute Gasteiger partial charge is 0.346 e. The molecule has 0 saturated carbocycles. The molecule has 1 aliphatic carbocycles. The first-order valence-corrected chi connectivity index (χ1v) is 11.0. The molecule has 3 N–H and O–H groups in total. The number of amides is 2. The van der Waals surface area contributed by atoms with Crippen LogP contribution in [-0.4, -0.2) is 33.3 Å². The quantitative estimate of drug-likeness (QED) is 0.642. The van der Waals surface area contributed by atoms with Crippen molar-refractivity contribution >= 4 is 27.5 Å². The van der Waals surface area contributed by atoms with E-state index in [1.54, 1.807) is 12.1 Å². The molecule has 2 aromatic rings. The van der Waals surface area contributed by atoms with E-state index in [4.69, 9.17) is 0 Å². The molecule has 7 nitrogen and oxygen atoms in total. The first-order chi connectivity index (χ1) is 13.7. The van der Waals surface area contributed by atoms with Gasteiger partial charge in [0.25, 0.3) is 0 Å². The summed E-state index contributed by atoms with van der Waals surface area (Å²) in [5.41, 5.74) is 5.08. The highest BCUT2D eigenvalue weighted by molar-refractivity contribution is 7.89. The van der Waals surface area contributed by atoms with Gasteiger partial charge in [-0.2, -0.15) is 0 Å². The zero-order chi connectivity index (χ0) is 21.0. The average Bonchev–Trinajstić information content (AvgIpc) is 3.14. The van der Waals surface area contributed by atoms with Crippen molar-refractivity contribution in [3.05, 3.63) is 58.7 Å². The average molecular weight is 416 g/mol. The van der Waals surface area contributed by atoms with Crippen LogP contribution >= 0.6 is 0 Å². The van der Waals surface area contributed by atoms with E-state index >= 15 is 0 Å². The van der Waals surface area contributed by atoms with Crippen LogP contribution in [0.1, 0.15) is 28.7 Å². The predicted octanol–water partition coefficient (Wildman–Crippen LogP) is 1.83. The van der Waals surface area contributed by atoms with Gasteiger partial charge in [0.1, 0.15) is 0 Å². The van der Waals surface area contributed by atoms with Crippen LogP contribution < -0.4 is 15.4 Å². The van der Waals surface area contributed by atoms with Gasteiger partial charge in [-0.1, -0.05) is 12.1 Å². The molecule has 0 heterocycles. The molecule has 0 aromatic heterocycles. The smallest absolute Gasteiger partial charge is 0.243 e. The van der Waals surface area contributed by atoms with Gasteiger partial charge in [-0.3, -0.25) is 9.59 Å². The van der Waals surface area contributed by atoms with Crippen LogP contribution in [0.3, 0.4) is 0 Å². The summed E-state index contributed by atoms with van der Waals surface area (Å²) >= 11 is 0. The number of fused-ring (bicyclic) bond motifs is 1. The molecule has 0 aliphatic heterocycles. The van der Waals surface area contributed by atoms with Crippen LogP contribution in [0.2, 0.25) is 0 Å². The summed E-state index contributed by atoms with van der Waals surface area (Å²) in [7, 11) is -3.80. The maximum absolute atomic E-state index is 12.3. The molecule has 0 spiro atoms. The molecular weight excluding hydrogens is 390 g/mol. The minimum Gasteiger partial charge on any atom is -0.346 e. The van der Waals surface area contributed by atoms with E-state index in [9.17, 15) is 18.0 Å². The van der Waals surface area contributed by atoms with Gasteiger partial charge in [-0.05, 0) is 79.6 Å². The maximum Gasteiger partial charge on any atom is 0.243 e. The van der Waals surface area contributed by atoms with Crippen molar-refractivity contribution in [2.45, 2.75) is 38.0 Å². The Labute approximate surface area is 171 Å². The third-order valence-corrected chi connectivity index (χ3v) is 6.44. The van der Waals surface area contributed by atoms with Gasteiger partial charge >= 0.3 is 0 Å². The van der Waals surface area contributed by atoms with E-state index in [1.807, 2.05) is 32.0 Å². The standard InChI is InChI=1S/C21H25N3O4S/c1-14-6-9-19(10-15(14)2)29(27,28)23-13-20(25)22-12-21(26)24-18-8-7-16-4-3-5-17(16)11-18/h6-11,23H,3-5,12-13H2,1-2H3,(H,22,25)(H,24,26). The van der Waals surface area contributed by atoms with Crippen LogP contribution in [0.25, 0.3) is 0 Å². The molecule has 3 rings (SSSR count). The second-order valence-corrected chi connectivity index (χ2v) is 9.00. The number of hydrogen-bond acceptors (Lipinski definition) is 4. The van der Waals surface area contributed by atoms with Gasteiger partial charge < -0.3 is 10.6 Å². The Kier molecular flexibility index (Phi) is 6.34. The summed E-state index contributed by atoms with van der Waals surface area (Å²) in [6.45, 7) is 3.03. The predicted molar refractivity (Wildman–Crippen MR) is 111 cm³/mol. The van der Waals surface area contributed by atoms with Crippen molar-refractivity contribution in [3.8, 4) is 0 Å². The lowest BCUT2D eigenvalue weighted by Crippen LogP contribution is -2.40. The molecule has 8 heteroatoms. The molecule has 2 aromatic carbocycles. The number of nitrogens with one attached hydrogen (secondary N) is 3. The van der Waals surface area contributed by atoms with Gasteiger partial charge in [0.05, 0.1) is 18.0 Å². The van der Waals surface area contributed by atoms with Crippen LogP contribution in [0, 0.1) is 13.8 Å². The van der Waals surface area contributed by atoms with Gasteiger partial charge in [0.15, 0.2) is 0 Å². The molecule has 0 bridgehead atoms. The molecule has 0 saturated heterocycles. The van der Waals surface area contributed by atoms with E-state index in [-0.39, 0.29) is 17.3 Å². The second kappa shape index (κ2) is 8.75. The molecule has 154 valence electrons. The summed E-state index contributed by atoms with van der Waals surface area (Å²) in [5, 5.41) is 5.17. The number of carbonyl (C=O) groups excluding carboxylic acids is 2. The Balaban J connectivity index is 1.46. The van der Waals surface area contributed by atoms with Crippen molar-refractivity contribution < 1.29 is 18.0 Å². The van der Waals surface area contributed by atoms with E-state index in [2.05, 4.69) is 15.4 Å². The number of aryl methyl sites for hydroxylation is 4. The Morgan fingerprint density at radius 2 is 1.66 bits per heavy atom. The summed E-state index contributed by atoms with van der Waals surface area (Å²) in [6, 6.07) is 10.6. The van der Waals surface area contributed by atoms with Crippen molar-refractivity contribution in [2.75, 3.05) is 18.4 Å².